The molecular formula is C20H26N2O2. The number of hydrogen-bond acceptors (Lipinski definition) is 2. The third kappa shape index (κ3) is 2.83. The van der Waals surface area contributed by atoms with E-state index < -0.39 is 0 Å². The van der Waals surface area contributed by atoms with Gasteiger partial charge in [-0.2, -0.15) is 0 Å². The van der Waals surface area contributed by atoms with Crippen LogP contribution in [0.3, 0.4) is 0 Å². The number of amides is 2. The van der Waals surface area contributed by atoms with E-state index in [4.69, 9.17) is 0 Å². The Morgan fingerprint density at radius 3 is 2.67 bits per heavy atom. The second-order valence-corrected chi connectivity index (χ2v) is 7.47. The first-order valence-corrected chi connectivity index (χ1v) is 9.41. The van der Waals surface area contributed by atoms with E-state index in [2.05, 4.69) is 24.3 Å². The molecule has 128 valence electrons. The minimum atomic E-state index is 0.0940. The fraction of sp³-hybridized carbons (Fsp3) is 0.600. The van der Waals surface area contributed by atoms with Gasteiger partial charge in [0, 0.05) is 24.1 Å². The Morgan fingerprint density at radius 2 is 1.83 bits per heavy atom. The molecule has 0 aromatic heterocycles. The number of allylic oxidation sites excluding steroid dienone is 5. The van der Waals surface area contributed by atoms with E-state index in [1.54, 1.807) is 0 Å². The highest BCUT2D eigenvalue weighted by Crippen LogP contribution is 2.34. The van der Waals surface area contributed by atoms with Crippen molar-refractivity contribution in [1.82, 2.24) is 9.80 Å². The van der Waals surface area contributed by atoms with E-state index in [0.717, 1.165) is 50.8 Å². The Hall–Kier alpha value is -1.84. The van der Waals surface area contributed by atoms with Gasteiger partial charge in [-0.3, -0.25) is 9.59 Å². The molecule has 2 aliphatic heterocycles. The molecule has 1 saturated carbocycles. The number of piperazine rings is 1. The fourth-order valence-corrected chi connectivity index (χ4v) is 4.61. The summed E-state index contributed by atoms with van der Waals surface area (Å²) in [4.78, 5) is 29.4. The van der Waals surface area contributed by atoms with Crippen LogP contribution in [0, 0.1) is 11.8 Å². The van der Waals surface area contributed by atoms with E-state index in [1.807, 2.05) is 9.80 Å². The van der Waals surface area contributed by atoms with E-state index in [9.17, 15) is 9.59 Å². The lowest BCUT2D eigenvalue weighted by atomic mass is 9.87. The predicted molar refractivity (Wildman–Crippen MR) is 92.9 cm³/mol. The zero-order chi connectivity index (χ0) is 16.5. The topological polar surface area (TPSA) is 40.6 Å². The highest BCUT2D eigenvalue weighted by Gasteiger charge is 2.37. The SMILES string of the molecule is O=C(C1CCCCC1)N1CC(=O)N2CCCC3C=CC=CC3=C2C1. The fourth-order valence-electron chi connectivity index (χ4n) is 4.61. The van der Waals surface area contributed by atoms with Gasteiger partial charge in [-0.15, -0.1) is 0 Å². The Bertz CT molecular complexity index is 626. The summed E-state index contributed by atoms with van der Waals surface area (Å²) in [5, 5.41) is 0. The van der Waals surface area contributed by atoms with Gasteiger partial charge in [0.25, 0.3) is 0 Å². The molecule has 0 N–H and O–H groups in total. The molecule has 4 nitrogen and oxygen atoms in total. The Morgan fingerprint density at radius 1 is 1.00 bits per heavy atom. The predicted octanol–water partition coefficient (Wildman–Crippen LogP) is 3.03. The van der Waals surface area contributed by atoms with Crippen LogP contribution in [-0.2, 0) is 9.59 Å². The van der Waals surface area contributed by atoms with Gasteiger partial charge in [0.1, 0.15) is 6.54 Å². The molecule has 2 heterocycles. The summed E-state index contributed by atoms with van der Waals surface area (Å²) in [7, 11) is 0. The van der Waals surface area contributed by atoms with E-state index in [-0.39, 0.29) is 24.3 Å². The molecule has 2 fully saturated rings. The van der Waals surface area contributed by atoms with Gasteiger partial charge in [0.05, 0.1) is 6.54 Å². The quantitative estimate of drug-likeness (QED) is 0.743. The van der Waals surface area contributed by atoms with Crippen molar-refractivity contribution in [3.63, 3.8) is 0 Å². The van der Waals surface area contributed by atoms with Crippen molar-refractivity contribution in [3.8, 4) is 0 Å². The van der Waals surface area contributed by atoms with Crippen molar-refractivity contribution in [2.75, 3.05) is 19.6 Å². The monoisotopic (exact) mass is 326 g/mol. The lowest BCUT2D eigenvalue weighted by molar-refractivity contribution is -0.145. The molecule has 2 aliphatic carbocycles. The van der Waals surface area contributed by atoms with Crippen molar-refractivity contribution in [3.05, 3.63) is 35.6 Å². The van der Waals surface area contributed by atoms with Gasteiger partial charge in [0.2, 0.25) is 11.8 Å². The van der Waals surface area contributed by atoms with Gasteiger partial charge in [0.15, 0.2) is 0 Å². The summed E-state index contributed by atoms with van der Waals surface area (Å²) < 4.78 is 0. The molecule has 24 heavy (non-hydrogen) atoms. The molecule has 0 radical (unpaired) electrons. The molecule has 0 spiro atoms. The number of carbonyl (C=O) groups is 2. The molecule has 4 rings (SSSR count). The number of fused-ring (bicyclic) bond motifs is 2. The van der Waals surface area contributed by atoms with Gasteiger partial charge >= 0.3 is 0 Å². The Kier molecular flexibility index (Phi) is 4.30. The molecule has 2 amide bonds. The van der Waals surface area contributed by atoms with Crippen LogP contribution < -0.4 is 0 Å². The third-order valence-electron chi connectivity index (χ3n) is 5.92. The maximum Gasteiger partial charge on any atom is 0.246 e. The van der Waals surface area contributed by atoms with Crippen LogP contribution in [0.2, 0.25) is 0 Å². The van der Waals surface area contributed by atoms with Crippen molar-refractivity contribution in [2.24, 2.45) is 11.8 Å². The maximum absolute atomic E-state index is 12.9. The van der Waals surface area contributed by atoms with Crippen LogP contribution >= 0.6 is 0 Å². The molecule has 0 aromatic rings. The summed E-state index contributed by atoms with van der Waals surface area (Å²) in [6.07, 6.45) is 16.1. The minimum absolute atomic E-state index is 0.0940. The van der Waals surface area contributed by atoms with Crippen LogP contribution in [0.4, 0.5) is 0 Å². The Balaban J connectivity index is 1.61. The number of hydrogen-bond donors (Lipinski definition) is 0. The molecule has 0 aromatic carbocycles. The number of nitrogens with zero attached hydrogens (tertiary/aromatic N) is 2. The second kappa shape index (κ2) is 6.58. The molecule has 0 bridgehead atoms. The van der Waals surface area contributed by atoms with Gasteiger partial charge in [-0.25, -0.2) is 0 Å². The number of rotatable bonds is 1. The first-order valence-electron chi connectivity index (χ1n) is 9.41. The van der Waals surface area contributed by atoms with E-state index >= 15 is 0 Å². The normalized spacial score (nSPS) is 27.8. The summed E-state index contributed by atoms with van der Waals surface area (Å²) in [6.45, 7) is 1.66. The van der Waals surface area contributed by atoms with Crippen LogP contribution in [0.15, 0.2) is 35.6 Å². The number of carbonyl (C=O) groups excluding carboxylic acids is 2. The van der Waals surface area contributed by atoms with Crippen LogP contribution in [0.5, 0.6) is 0 Å². The van der Waals surface area contributed by atoms with Crippen molar-refractivity contribution < 1.29 is 9.59 Å². The van der Waals surface area contributed by atoms with Crippen molar-refractivity contribution in [2.45, 2.75) is 44.9 Å². The zero-order valence-corrected chi connectivity index (χ0v) is 14.2. The van der Waals surface area contributed by atoms with Gasteiger partial charge in [-0.05, 0) is 31.3 Å². The highest BCUT2D eigenvalue weighted by molar-refractivity contribution is 5.89. The molecule has 1 saturated heterocycles. The summed E-state index contributed by atoms with van der Waals surface area (Å²) >= 11 is 0. The van der Waals surface area contributed by atoms with E-state index in [1.165, 1.54) is 12.0 Å². The average Bonchev–Trinajstić information content (AvgIpc) is 2.82. The molecule has 4 aliphatic rings. The van der Waals surface area contributed by atoms with Gasteiger partial charge < -0.3 is 9.80 Å². The Labute approximate surface area is 143 Å². The zero-order valence-electron chi connectivity index (χ0n) is 14.2. The van der Waals surface area contributed by atoms with Crippen molar-refractivity contribution >= 4 is 11.8 Å². The first kappa shape index (κ1) is 15.7. The van der Waals surface area contributed by atoms with Crippen LogP contribution in [-0.4, -0.2) is 41.2 Å². The second-order valence-electron chi connectivity index (χ2n) is 7.47. The molecule has 1 unspecified atom stereocenters. The highest BCUT2D eigenvalue weighted by atomic mass is 16.2. The first-order chi connectivity index (χ1) is 11.7. The lowest BCUT2D eigenvalue weighted by Gasteiger charge is -2.39. The average molecular weight is 326 g/mol. The molecular weight excluding hydrogens is 300 g/mol. The standard InChI is InChI=1S/C20H26N2O2/c23-19-14-21(20(24)16-8-2-1-3-9-16)13-18-17-11-5-4-7-15(17)10-6-12-22(18)19/h4-5,7,11,15-16H,1-3,6,8-10,12-14H2. The van der Waals surface area contributed by atoms with Crippen LogP contribution in [0.1, 0.15) is 44.9 Å². The largest absolute Gasteiger partial charge is 0.327 e. The summed E-state index contributed by atoms with van der Waals surface area (Å²) in [5.74, 6) is 0.822. The maximum atomic E-state index is 12.9. The van der Waals surface area contributed by atoms with Crippen LogP contribution in [0.25, 0.3) is 0 Å². The smallest absolute Gasteiger partial charge is 0.246 e. The third-order valence-corrected chi connectivity index (χ3v) is 5.92. The summed E-state index contributed by atoms with van der Waals surface area (Å²) in [6, 6.07) is 0. The molecule has 4 heteroatoms. The summed E-state index contributed by atoms with van der Waals surface area (Å²) in [5.41, 5.74) is 2.31. The van der Waals surface area contributed by atoms with Crippen molar-refractivity contribution in [1.29, 1.82) is 0 Å². The lowest BCUT2D eigenvalue weighted by Crippen LogP contribution is -2.52. The van der Waals surface area contributed by atoms with E-state index in [0.29, 0.717) is 12.5 Å². The van der Waals surface area contributed by atoms with Gasteiger partial charge in [-0.1, -0.05) is 43.6 Å². The molecule has 1 atom stereocenters. The minimum Gasteiger partial charge on any atom is -0.327 e.